The van der Waals surface area contributed by atoms with E-state index < -0.39 is 23.7 Å². The number of nitro groups is 1. The molecule has 0 aliphatic carbocycles. The smallest absolute Gasteiger partial charge is 0.270 e. The van der Waals surface area contributed by atoms with Gasteiger partial charge >= 0.3 is 0 Å². The van der Waals surface area contributed by atoms with Crippen LogP contribution in [0.25, 0.3) is 0 Å². The van der Waals surface area contributed by atoms with E-state index in [1.807, 2.05) is 0 Å². The predicted octanol–water partition coefficient (Wildman–Crippen LogP) is -0.128. The third-order valence-corrected chi connectivity index (χ3v) is 2.48. The number of hydrogen-bond acceptors (Lipinski definition) is 6. The Morgan fingerprint density at radius 3 is 2.53 bits per heavy atom. The van der Waals surface area contributed by atoms with E-state index in [2.05, 4.69) is 0 Å². The minimum Gasteiger partial charge on any atom is -0.398 e. The molecule has 7 heteroatoms. The van der Waals surface area contributed by atoms with Crippen LogP contribution in [-0.4, -0.2) is 33.0 Å². The van der Waals surface area contributed by atoms with E-state index in [9.17, 15) is 20.3 Å². The van der Waals surface area contributed by atoms with Crippen LogP contribution in [0.1, 0.15) is 17.2 Å². The van der Waals surface area contributed by atoms with Crippen LogP contribution < -0.4 is 5.73 Å². The molecule has 0 aliphatic rings. The number of nitrogens with two attached hydrogens (primary N) is 1. The second-order valence-corrected chi connectivity index (χ2v) is 3.72. The average molecular weight is 242 g/mol. The van der Waals surface area contributed by atoms with Gasteiger partial charge in [0.2, 0.25) is 0 Å². The first-order valence-corrected chi connectivity index (χ1v) is 4.90. The lowest BCUT2D eigenvalue weighted by molar-refractivity contribution is -0.385. The topological polar surface area (TPSA) is 130 Å². The second-order valence-electron chi connectivity index (χ2n) is 3.72. The van der Waals surface area contributed by atoms with Crippen molar-refractivity contribution in [2.75, 3.05) is 12.3 Å². The molecule has 2 atom stereocenters. The monoisotopic (exact) mass is 242 g/mol. The number of aryl methyl sites for hydroxylation is 1. The summed E-state index contributed by atoms with van der Waals surface area (Å²) < 4.78 is 0. The zero-order chi connectivity index (χ0) is 13.2. The summed E-state index contributed by atoms with van der Waals surface area (Å²) in [6, 6.07) is 2.36. The Morgan fingerprint density at radius 1 is 1.47 bits per heavy atom. The first-order chi connectivity index (χ1) is 7.88. The molecule has 0 saturated carbocycles. The molecule has 94 valence electrons. The van der Waals surface area contributed by atoms with Crippen LogP contribution in [0.15, 0.2) is 12.1 Å². The summed E-state index contributed by atoms with van der Waals surface area (Å²) in [4.78, 5) is 10.0. The molecule has 0 aliphatic heterocycles. The standard InChI is InChI=1S/C10H14N2O5/c1-5-2-6(12(16)17)3-7(9(5)11)10(15)8(14)4-13/h2-3,8,10,13-15H,4,11H2,1H3. The van der Waals surface area contributed by atoms with E-state index in [1.54, 1.807) is 6.92 Å². The molecule has 0 radical (unpaired) electrons. The Bertz CT molecular complexity index is 435. The Hall–Kier alpha value is -1.70. The van der Waals surface area contributed by atoms with Crippen molar-refractivity contribution in [2.24, 2.45) is 0 Å². The SMILES string of the molecule is Cc1cc([N+](=O)[O-])cc(C(O)C(O)CO)c1N. The minimum absolute atomic E-state index is 0.0400. The van der Waals surface area contributed by atoms with E-state index in [1.165, 1.54) is 6.07 Å². The van der Waals surface area contributed by atoms with E-state index in [0.29, 0.717) is 5.56 Å². The molecule has 1 aromatic rings. The maximum atomic E-state index is 10.6. The van der Waals surface area contributed by atoms with Gasteiger partial charge in [-0.2, -0.15) is 0 Å². The van der Waals surface area contributed by atoms with Crippen LogP contribution in [0, 0.1) is 17.0 Å². The summed E-state index contributed by atoms with van der Waals surface area (Å²) in [5.74, 6) is 0. The molecule has 0 spiro atoms. The summed E-state index contributed by atoms with van der Waals surface area (Å²) in [6.07, 6.45) is -2.89. The summed E-state index contributed by atoms with van der Waals surface area (Å²) in [7, 11) is 0. The number of nitro benzene ring substituents is 1. The van der Waals surface area contributed by atoms with Crippen molar-refractivity contribution in [1.29, 1.82) is 0 Å². The molecule has 1 aromatic carbocycles. The maximum absolute atomic E-state index is 10.6. The van der Waals surface area contributed by atoms with Gasteiger partial charge in [-0.05, 0) is 12.5 Å². The van der Waals surface area contributed by atoms with E-state index in [-0.39, 0.29) is 16.9 Å². The Balaban J connectivity index is 3.27. The number of hydrogen-bond donors (Lipinski definition) is 4. The van der Waals surface area contributed by atoms with Crippen LogP contribution in [0.2, 0.25) is 0 Å². The molecular weight excluding hydrogens is 228 g/mol. The zero-order valence-corrected chi connectivity index (χ0v) is 9.20. The fraction of sp³-hybridized carbons (Fsp3) is 0.400. The summed E-state index contributed by atoms with van der Waals surface area (Å²) in [6.45, 7) is 0.895. The van der Waals surface area contributed by atoms with Crippen LogP contribution in [0.3, 0.4) is 0 Å². The zero-order valence-electron chi connectivity index (χ0n) is 9.20. The van der Waals surface area contributed by atoms with Crippen molar-refractivity contribution in [3.63, 3.8) is 0 Å². The highest BCUT2D eigenvalue weighted by Crippen LogP contribution is 2.30. The number of rotatable bonds is 4. The molecule has 17 heavy (non-hydrogen) atoms. The van der Waals surface area contributed by atoms with Gasteiger partial charge in [0, 0.05) is 23.4 Å². The molecule has 2 unspecified atom stereocenters. The average Bonchev–Trinajstić information content (AvgIpc) is 2.30. The lowest BCUT2D eigenvalue weighted by atomic mass is 9.99. The lowest BCUT2D eigenvalue weighted by Gasteiger charge is -2.18. The lowest BCUT2D eigenvalue weighted by Crippen LogP contribution is -2.23. The van der Waals surface area contributed by atoms with Gasteiger partial charge in [-0.3, -0.25) is 10.1 Å². The van der Waals surface area contributed by atoms with Crippen LogP contribution >= 0.6 is 0 Å². The Kier molecular flexibility index (Phi) is 4.00. The first kappa shape index (κ1) is 13.4. The number of benzene rings is 1. The third-order valence-electron chi connectivity index (χ3n) is 2.48. The molecule has 0 saturated heterocycles. The Morgan fingerprint density at radius 2 is 2.06 bits per heavy atom. The van der Waals surface area contributed by atoms with Crippen LogP contribution in [-0.2, 0) is 0 Å². The first-order valence-electron chi connectivity index (χ1n) is 4.90. The molecule has 0 amide bonds. The molecular formula is C10H14N2O5. The van der Waals surface area contributed by atoms with Gasteiger partial charge in [0.1, 0.15) is 12.2 Å². The van der Waals surface area contributed by atoms with Gasteiger partial charge in [-0.15, -0.1) is 0 Å². The van der Waals surface area contributed by atoms with Crippen molar-refractivity contribution in [1.82, 2.24) is 0 Å². The number of aliphatic hydroxyl groups excluding tert-OH is 3. The fourth-order valence-corrected chi connectivity index (χ4v) is 1.46. The van der Waals surface area contributed by atoms with Gasteiger partial charge in [0.05, 0.1) is 11.5 Å². The largest absolute Gasteiger partial charge is 0.398 e. The molecule has 7 nitrogen and oxygen atoms in total. The van der Waals surface area contributed by atoms with Crippen LogP contribution in [0.4, 0.5) is 11.4 Å². The molecule has 0 heterocycles. The number of aliphatic hydroxyl groups is 3. The van der Waals surface area contributed by atoms with Crippen molar-refractivity contribution >= 4 is 11.4 Å². The number of anilines is 1. The van der Waals surface area contributed by atoms with Crippen molar-refractivity contribution in [2.45, 2.75) is 19.1 Å². The van der Waals surface area contributed by atoms with Gasteiger partial charge in [-0.25, -0.2) is 0 Å². The highest BCUT2D eigenvalue weighted by atomic mass is 16.6. The van der Waals surface area contributed by atoms with E-state index in [4.69, 9.17) is 10.8 Å². The summed E-state index contributed by atoms with van der Waals surface area (Å²) in [5.41, 5.74) is 6.08. The van der Waals surface area contributed by atoms with Crippen molar-refractivity contribution in [3.8, 4) is 0 Å². The number of nitrogens with zero attached hydrogens (tertiary/aromatic N) is 1. The number of non-ortho nitro benzene ring substituents is 1. The maximum Gasteiger partial charge on any atom is 0.270 e. The molecule has 0 bridgehead atoms. The summed E-state index contributed by atoms with van der Waals surface area (Å²) >= 11 is 0. The normalized spacial score (nSPS) is 14.4. The predicted molar refractivity (Wildman–Crippen MR) is 60.3 cm³/mol. The third kappa shape index (κ3) is 2.70. The molecule has 5 N–H and O–H groups in total. The van der Waals surface area contributed by atoms with Gasteiger partial charge in [0.25, 0.3) is 5.69 Å². The number of nitrogen functional groups attached to an aromatic ring is 1. The van der Waals surface area contributed by atoms with Crippen molar-refractivity contribution < 1.29 is 20.2 Å². The van der Waals surface area contributed by atoms with Crippen molar-refractivity contribution in [3.05, 3.63) is 33.4 Å². The van der Waals surface area contributed by atoms with Gasteiger partial charge in [-0.1, -0.05) is 0 Å². The van der Waals surface area contributed by atoms with E-state index >= 15 is 0 Å². The van der Waals surface area contributed by atoms with Crippen LogP contribution in [0.5, 0.6) is 0 Å². The molecule has 0 fully saturated rings. The highest BCUT2D eigenvalue weighted by Gasteiger charge is 2.23. The van der Waals surface area contributed by atoms with Gasteiger partial charge < -0.3 is 21.1 Å². The van der Waals surface area contributed by atoms with Gasteiger partial charge in [0.15, 0.2) is 0 Å². The fourth-order valence-electron chi connectivity index (χ4n) is 1.46. The highest BCUT2D eigenvalue weighted by molar-refractivity contribution is 5.59. The summed E-state index contributed by atoms with van der Waals surface area (Å²) in [5, 5.41) is 38.4. The van der Waals surface area contributed by atoms with E-state index in [0.717, 1.165) is 6.07 Å². The molecule has 0 aromatic heterocycles. The Labute approximate surface area is 97.3 Å². The molecule has 1 rings (SSSR count). The minimum atomic E-state index is -1.46. The second kappa shape index (κ2) is 5.09. The quantitative estimate of drug-likeness (QED) is 0.330.